The highest BCUT2D eigenvalue weighted by atomic mass is 127. The first-order valence-electron chi connectivity index (χ1n) is 4.44. The van der Waals surface area contributed by atoms with E-state index >= 15 is 0 Å². The molecular weight excluding hydrogens is 295 g/mol. The fourth-order valence-electron chi connectivity index (χ4n) is 1.11. The quantitative estimate of drug-likeness (QED) is 0.866. The molecule has 5 heteroatoms. The minimum atomic E-state index is -0.164. The van der Waals surface area contributed by atoms with Crippen LogP contribution in [-0.4, -0.2) is 16.6 Å². The van der Waals surface area contributed by atoms with Crippen molar-refractivity contribution in [3.05, 3.63) is 25.4 Å². The number of ether oxygens (including phenoxy) is 1. The molecule has 0 aliphatic rings. The van der Waals surface area contributed by atoms with Gasteiger partial charge in [0, 0.05) is 6.61 Å². The number of hydrogen-bond acceptors (Lipinski definition) is 3. The number of nitrogens with one attached hydrogen (secondary N) is 1. The van der Waals surface area contributed by atoms with Gasteiger partial charge >= 0.3 is 0 Å². The molecule has 1 N–H and O–H groups in total. The lowest BCUT2D eigenvalue weighted by atomic mass is 10.3. The van der Waals surface area contributed by atoms with Crippen molar-refractivity contribution in [2.24, 2.45) is 0 Å². The average molecular weight is 308 g/mol. The molecule has 1 atom stereocenters. The summed E-state index contributed by atoms with van der Waals surface area (Å²) in [4.78, 5) is 18.4. The lowest BCUT2D eigenvalue weighted by Gasteiger charge is -2.11. The van der Waals surface area contributed by atoms with E-state index in [0.29, 0.717) is 16.0 Å². The van der Waals surface area contributed by atoms with Gasteiger partial charge in [0.25, 0.3) is 5.56 Å². The van der Waals surface area contributed by atoms with Gasteiger partial charge < -0.3 is 9.72 Å². The predicted octanol–water partition coefficient (Wildman–Crippen LogP) is 1.78. The van der Waals surface area contributed by atoms with Crippen molar-refractivity contribution >= 4 is 22.6 Å². The largest absolute Gasteiger partial charge is 0.371 e. The van der Waals surface area contributed by atoms with Crippen molar-refractivity contribution in [2.75, 3.05) is 6.61 Å². The third-order valence-corrected chi connectivity index (χ3v) is 3.12. The number of rotatable bonds is 3. The smallest absolute Gasteiger partial charge is 0.264 e. The molecule has 1 unspecified atom stereocenters. The van der Waals surface area contributed by atoms with Crippen molar-refractivity contribution in [1.29, 1.82) is 0 Å². The second-order valence-corrected chi connectivity index (χ2v) is 4.03. The van der Waals surface area contributed by atoms with Gasteiger partial charge in [-0.25, -0.2) is 4.98 Å². The van der Waals surface area contributed by atoms with E-state index in [0.717, 1.165) is 5.69 Å². The van der Waals surface area contributed by atoms with Crippen molar-refractivity contribution in [2.45, 2.75) is 26.9 Å². The van der Waals surface area contributed by atoms with Crippen molar-refractivity contribution in [1.82, 2.24) is 9.97 Å². The van der Waals surface area contributed by atoms with Crippen LogP contribution in [0.15, 0.2) is 4.79 Å². The number of aromatic nitrogens is 2. The molecule has 0 saturated carbocycles. The summed E-state index contributed by atoms with van der Waals surface area (Å²) in [5, 5.41) is 0. The molecule has 78 valence electrons. The van der Waals surface area contributed by atoms with Crippen LogP contribution in [0.5, 0.6) is 0 Å². The maximum absolute atomic E-state index is 11.4. The summed E-state index contributed by atoms with van der Waals surface area (Å²) in [6, 6.07) is 0. The summed E-state index contributed by atoms with van der Waals surface area (Å²) in [5.41, 5.74) is 0.649. The molecule has 0 bridgehead atoms. The number of aryl methyl sites for hydroxylation is 1. The predicted molar refractivity (Wildman–Crippen MR) is 62.4 cm³/mol. The first-order valence-corrected chi connectivity index (χ1v) is 5.52. The van der Waals surface area contributed by atoms with E-state index < -0.39 is 0 Å². The Bertz CT molecular complexity index is 376. The molecular formula is C9H13IN2O2. The zero-order valence-corrected chi connectivity index (χ0v) is 10.6. The Kier molecular flexibility index (Phi) is 4.06. The topological polar surface area (TPSA) is 55.0 Å². The fourth-order valence-corrected chi connectivity index (χ4v) is 1.37. The van der Waals surface area contributed by atoms with E-state index in [9.17, 15) is 4.79 Å². The van der Waals surface area contributed by atoms with Crippen molar-refractivity contribution in [3.63, 3.8) is 0 Å². The van der Waals surface area contributed by atoms with Crippen LogP contribution in [0.2, 0.25) is 0 Å². The molecule has 0 saturated heterocycles. The number of nitrogens with zero attached hydrogens (tertiary/aromatic N) is 1. The zero-order chi connectivity index (χ0) is 10.7. The Morgan fingerprint density at radius 3 is 2.79 bits per heavy atom. The van der Waals surface area contributed by atoms with Gasteiger partial charge in [-0.1, -0.05) is 0 Å². The molecule has 0 radical (unpaired) electrons. The molecule has 0 spiro atoms. The number of hydrogen-bond donors (Lipinski definition) is 1. The fraction of sp³-hybridized carbons (Fsp3) is 0.556. The van der Waals surface area contributed by atoms with Crippen LogP contribution in [0.4, 0.5) is 0 Å². The number of halogens is 1. The van der Waals surface area contributed by atoms with Gasteiger partial charge in [0.05, 0.1) is 9.26 Å². The van der Waals surface area contributed by atoms with E-state index in [2.05, 4.69) is 9.97 Å². The molecule has 0 amide bonds. The lowest BCUT2D eigenvalue weighted by molar-refractivity contribution is 0.0697. The molecule has 1 aromatic rings. The van der Waals surface area contributed by atoms with Gasteiger partial charge in [0.15, 0.2) is 0 Å². The van der Waals surface area contributed by atoms with Gasteiger partial charge in [-0.05, 0) is 43.4 Å². The van der Waals surface area contributed by atoms with Crippen LogP contribution in [0.3, 0.4) is 0 Å². The summed E-state index contributed by atoms with van der Waals surface area (Å²) in [5.74, 6) is 0.592. The molecule has 1 heterocycles. The molecule has 4 nitrogen and oxygen atoms in total. The SMILES string of the molecule is CCOC(C)c1nc(C)c(I)c(=O)[nH]1. The maximum atomic E-state index is 11.4. The summed E-state index contributed by atoms with van der Waals surface area (Å²) in [6.07, 6.45) is -0.164. The summed E-state index contributed by atoms with van der Waals surface area (Å²) < 4.78 is 5.98. The van der Waals surface area contributed by atoms with Crippen LogP contribution >= 0.6 is 22.6 Å². The van der Waals surface area contributed by atoms with Gasteiger partial charge in [-0.2, -0.15) is 0 Å². The second kappa shape index (κ2) is 4.88. The highest BCUT2D eigenvalue weighted by molar-refractivity contribution is 14.1. The Morgan fingerprint density at radius 2 is 2.29 bits per heavy atom. The molecule has 1 aromatic heterocycles. The highest BCUT2D eigenvalue weighted by Crippen LogP contribution is 2.12. The van der Waals surface area contributed by atoms with E-state index in [4.69, 9.17) is 4.74 Å². The molecule has 0 fully saturated rings. The van der Waals surface area contributed by atoms with Gasteiger partial charge in [-0.3, -0.25) is 4.79 Å². The van der Waals surface area contributed by atoms with Crippen LogP contribution in [0, 0.1) is 10.5 Å². The molecule has 14 heavy (non-hydrogen) atoms. The van der Waals surface area contributed by atoms with Gasteiger partial charge in [0.2, 0.25) is 0 Å². The van der Waals surface area contributed by atoms with E-state index in [1.807, 2.05) is 43.4 Å². The van der Waals surface area contributed by atoms with Crippen LogP contribution < -0.4 is 5.56 Å². The highest BCUT2D eigenvalue weighted by Gasteiger charge is 2.10. The van der Waals surface area contributed by atoms with Crippen LogP contribution in [0.1, 0.15) is 31.5 Å². The van der Waals surface area contributed by atoms with Crippen molar-refractivity contribution < 1.29 is 4.74 Å². The van der Waals surface area contributed by atoms with Crippen LogP contribution in [0.25, 0.3) is 0 Å². The van der Waals surface area contributed by atoms with Crippen LogP contribution in [-0.2, 0) is 4.74 Å². The Morgan fingerprint density at radius 1 is 1.64 bits per heavy atom. The van der Waals surface area contributed by atoms with Gasteiger partial charge in [0.1, 0.15) is 11.9 Å². The molecule has 1 rings (SSSR count). The summed E-state index contributed by atoms with van der Waals surface area (Å²) >= 11 is 1.98. The minimum Gasteiger partial charge on any atom is -0.371 e. The van der Waals surface area contributed by atoms with E-state index in [-0.39, 0.29) is 11.7 Å². The summed E-state index contributed by atoms with van der Waals surface area (Å²) in [6.45, 7) is 6.21. The van der Waals surface area contributed by atoms with Gasteiger partial charge in [-0.15, -0.1) is 0 Å². The first-order chi connectivity index (χ1) is 6.56. The van der Waals surface area contributed by atoms with E-state index in [1.165, 1.54) is 0 Å². The normalized spacial score (nSPS) is 12.9. The standard InChI is InChI=1S/C9H13IN2O2/c1-4-14-6(3)8-11-5(2)7(10)9(13)12-8/h6H,4H2,1-3H3,(H,11,12,13). The average Bonchev–Trinajstić information content (AvgIpc) is 2.13. The molecule has 0 aromatic carbocycles. The second-order valence-electron chi connectivity index (χ2n) is 2.95. The third kappa shape index (κ3) is 2.54. The number of H-pyrrole nitrogens is 1. The monoisotopic (exact) mass is 308 g/mol. The Balaban J connectivity index is 3.06. The zero-order valence-electron chi connectivity index (χ0n) is 8.43. The summed E-state index contributed by atoms with van der Waals surface area (Å²) in [7, 11) is 0. The Labute approximate surface area is 96.2 Å². The molecule has 0 aliphatic heterocycles. The minimum absolute atomic E-state index is 0.0975. The third-order valence-electron chi connectivity index (χ3n) is 1.85. The lowest BCUT2D eigenvalue weighted by Crippen LogP contribution is -2.19. The maximum Gasteiger partial charge on any atom is 0.264 e. The Hall–Kier alpha value is -0.430. The van der Waals surface area contributed by atoms with E-state index in [1.54, 1.807) is 0 Å². The first kappa shape index (κ1) is 11.6. The molecule has 0 aliphatic carbocycles. The van der Waals surface area contributed by atoms with Crippen molar-refractivity contribution in [3.8, 4) is 0 Å². The number of aromatic amines is 1.